The maximum Gasteiger partial charge on any atom is 0.00745 e. The molecule has 1 aromatic carbocycles. The van der Waals surface area contributed by atoms with Gasteiger partial charge in [0.05, 0.1) is 0 Å². The zero-order valence-electron chi connectivity index (χ0n) is 9.66. The minimum absolute atomic E-state index is 1.25. The highest BCUT2D eigenvalue weighted by Gasteiger charge is 1.94. The third kappa shape index (κ3) is 6.16. The SMILES string of the molecule is CCSCCCCSc1cccc(C)c1. The van der Waals surface area contributed by atoms with Gasteiger partial charge in [-0.05, 0) is 49.2 Å². The van der Waals surface area contributed by atoms with Gasteiger partial charge in [0.2, 0.25) is 0 Å². The molecule has 0 atom stereocenters. The van der Waals surface area contributed by atoms with Gasteiger partial charge in [0.1, 0.15) is 0 Å². The fourth-order valence-corrected chi connectivity index (χ4v) is 3.07. The Balaban J connectivity index is 2.10. The second-order valence-electron chi connectivity index (χ2n) is 3.57. The number of unbranched alkanes of at least 4 members (excludes halogenated alkanes) is 1. The maximum atomic E-state index is 2.27. The van der Waals surface area contributed by atoms with Gasteiger partial charge in [-0.15, -0.1) is 11.8 Å². The van der Waals surface area contributed by atoms with E-state index in [9.17, 15) is 0 Å². The second kappa shape index (κ2) is 8.12. The fourth-order valence-electron chi connectivity index (χ4n) is 1.35. The van der Waals surface area contributed by atoms with E-state index in [1.54, 1.807) is 0 Å². The van der Waals surface area contributed by atoms with E-state index in [2.05, 4.69) is 38.1 Å². The Bertz CT molecular complexity index is 271. The molecule has 0 saturated carbocycles. The van der Waals surface area contributed by atoms with Crippen LogP contribution in [0.15, 0.2) is 29.2 Å². The van der Waals surface area contributed by atoms with Crippen LogP contribution in [-0.4, -0.2) is 17.3 Å². The Hall–Kier alpha value is -0.0800. The summed E-state index contributed by atoms with van der Waals surface area (Å²) >= 11 is 4.03. The molecule has 0 aromatic heterocycles. The Kier molecular flexibility index (Phi) is 7.03. The first-order valence-electron chi connectivity index (χ1n) is 5.60. The van der Waals surface area contributed by atoms with Crippen LogP contribution in [0, 0.1) is 6.92 Å². The van der Waals surface area contributed by atoms with Gasteiger partial charge in [-0.1, -0.05) is 24.6 Å². The van der Waals surface area contributed by atoms with Crippen molar-refractivity contribution >= 4 is 23.5 Å². The van der Waals surface area contributed by atoms with Crippen LogP contribution in [0.4, 0.5) is 0 Å². The Labute approximate surface area is 102 Å². The fraction of sp³-hybridized carbons (Fsp3) is 0.538. The van der Waals surface area contributed by atoms with Crippen LogP contribution in [-0.2, 0) is 0 Å². The lowest BCUT2D eigenvalue weighted by Crippen LogP contribution is -1.85. The Morgan fingerprint density at radius 2 is 1.93 bits per heavy atom. The van der Waals surface area contributed by atoms with Crippen molar-refractivity contribution < 1.29 is 0 Å². The number of benzene rings is 1. The molecule has 0 aliphatic heterocycles. The first-order valence-corrected chi connectivity index (χ1v) is 7.74. The third-order valence-corrected chi connectivity index (χ3v) is 4.21. The zero-order valence-corrected chi connectivity index (χ0v) is 11.3. The number of rotatable bonds is 7. The van der Waals surface area contributed by atoms with E-state index in [1.165, 1.54) is 40.6 Å². The standard InChI is InChI=1S/C13H20S2/c1-3-14-9-4-5-10-15-13-8-6-7-12(2)11-13/h6-8,11H,3-5,9-10H2,1-2H3. The van der Waals surface area contributed by atoms with Crippen molar-refractivity contribution in [3.05, 3.63) is 29.8 Å². The van der Waals surface area contributed by atoms with E-state index < -0.39 is 0 Å². The topological polar surface area (TPSA) is 0 Å². The van der Waals surface area contributed by atoms with Crippen molar-refractivity contribution in [1.82, 2.24) is 0 Å². The van der Waals surface area contributed by atoms with Crippen molar-refractivity contribution in [2.75, 3.05) is 17.3 Å². The van der Waals surface area contributed by atoms with Crippen molar-refractivity contribution in [2.45, 2.75) is 31.6 Å². The summed E-state index contributed by atoms with van der Waals surface area (Å²) in [5, 5.41) is 0. The van der Waals surface area contributed by atoms with Crippen molar-refractivity contribution in [2.24, 2.45) is 0 Å². The van der Waals surface area contributed by atoms with E-state index in [0.29, 0.717) is 0 Å². The molecule has 0 amide bonds. The molecule has 0 aliphatic rings. The van der Waals surface area contributed by atoms with Crippen LogP contribution in [0.2, 0.25) is 0 Å². The summed E-state index contributed by atoms with van der Waals surface area (Å²) in [6.07, 6.45) is 2.70. The first kappa shape index (κ1) is 13.0. The molecule has 0 spiro atoms. The molecule has 2 heteroatoms. The van der Waals surface area contributed by atoms with Crippen LogP contribution in [0.25, 0.3) is 0 Å². The lowest BCUT2D eigenvalue weighted by molar-refractivity contribution is 0.907. The molecule has 0 bridgehead atoms. The van der Waals surface area contributed by atoms with Gasteiger partial charge in [0.25, 0.3) is 0 Å². The number of aryl methyl sites for hydroxylation is 1. The monoisotopic (exact) mass is 240 g/mol. The Morgan fingerprint density at radius 1 is 1.13 bits per heavy atom. The number of hydrogen-bond acceptors (Lipinski definition) is 2. The van der Waals surface area contributed by atoms with E-state index in [0.717, 1.165) is 0 Å². The number of thioether (sulfide) groups is 2. The van der Waals surface area contributed by atoms with Gasteiger partial charge in [0.15, 0.2) is 0 Å². The molecule has 0 nitrogen and oxygen atoms in total. The van der Waals surface area contributed by atoms with Gasteiger partial charge in [-0.25, -0.2) is 0 Å². The van der Waals surface area contributed by atoms with E-state index in [4.69, 9.17) is 0 Å². The van der Waals surface area contributed by atoms with Gasteiger partial charge in [-0.3, -0.25) is 0 Å². The average molecular weight is 240 g/mol. The van der Waals surface area contributed by atoms with Gasteiger partial charge >= 0.3 is 0 Å². The summed E-state index contributed by atoms with van der Waals surface area (Å²) in [4.78, 5) is 1.41. The molecule has 1 rings (SSSR count). The Morgan fingerprint density at radius 3 is 2.67 bits per heavy atom. The minimum Gasteiger partial charge on any atom is -0.162 e. The molecule has 1 aromatic rings. The second-order valence-corrected chi connectivity index (χ2v) is 6.13. The third-order valence-electron chi connectivity index (χ3n) is 2.15. The minimum atomic E-state index is 1.25. The normalized spacial score (nSPS) is 10.5. The highest BCUT2D eigenvalue weighted by molar-refractivity contribution is 7.99. The molecular formula is C13H20S2. The summed E-state index contributed by atoms with van der Waals surface area (Å²) in [5.74, 6) is 3.84. The molecule has 0 aliphatic carbocycles. The van der Waals surface area contributed by atoms with E-state index in [-0.39, 0.29) is 0 Å². The van der Waals surface area contributed by atoms with Gasteiger partial charge in [0, 0.05) is 4.90 Å². The first-order chi connectivity index (χ1) is 7.33. The predicted molar refractivity (Wildman–Crippen MR) is 74.1 cm³/mol. The van der Waals surface area contributed by atoms with Crippen molar-refractivity contribution in [3.63, 3.8) is 0 Å². The summed E-state index contributed by atoms with van der Waals surface area (Å²) in [7, 11) is 0. The largest absolute Gasteiger partial charge is 0.162 e. The lowest BCUT2D eigenvalue weighted by atomic mass is 10.2. The van der Waals surface area contributed by atoms with Crippen LogP contribution in [0.5, 0.6) is 0 Å². The molecule has 0 saturated heterocycles. The zero-order chi connectivity index (χ0) is 10.9. The highest BCUT2D eigenvalue weighted by Crippen LogP contribution is 2.20. The molecule has 84 valence electrons. The highest BCUT2D eigenvalue weighted by atomic mass is 32.2. The van der Waals surface area contributed by atoms with Crippen LogP contribution in [0.1, 0.15) is 25.3 Å². The summed E-state index contributed by atoms with van der Waals surface area (Å²) in [6, 6.07) is 8.77. The van der Waals surface area contributed by atoms with E-state index >= 15 is 0 Å². The molecule has 0 fully saturated rings. The molecule has 0 heterocycles. The average Bonchev–Trinajstić information content (AvgIpc) is 2.23. The molecule has 0 N–H and O–H groups in total. The van der Waals surface area contributed by atoms with Gasteiger partial charge < -0.3 is 0 Å². The smallest absolute Gasteiger partial charge is 0.00745 e. The van der Waals surface area contributed by atoms with Crippen molar-refractivity contribution in [1.29, 1.82) is 0 Å². The van der Waals surface area contributed by atoms with Gasteiger partial charge in [-0.2, -0.15) is 11.8 Å². The maximum absolute atomic E-state index is 2.27. The molecule has 0 radical (unpaired) electrons. The summed E-state index contributed by atoms with van der Waals surface area (Å²) in [5.41, 5.74) is 1.36. The molecule has 0 unspecified atom stereocenters. The predicted octanol–water partition coefficient (Wildman–Crippen LogP) is 4.62. The molecule has 15 heavy (non-hydrogen) atoms. The molecular weight excluding hydrogens is 220 g/mol. The van der Waals surface area contributed by atoms with Crippen LogP contribution < -0.4 is 0 Å². The van der Waals surface area contributed by atoms with Crippen LogP contribution >= 0.6 is 23.5 Å². The lowest BCUT2D eigenvalue weighted by Gasteiger charge is -2.02. The quantitative estimate of drug-likeness (QED) is 0.504. The summed E-state index contributed by atoms with van der Waals surface area (Å²) in [6.45, 7) is 4.38. The van der Waals surface area contributed by atoms with E-state index in [1.807, 2.05) is 23.5 Å². The van der Waals surface area contributed by atoms with Crippen molar-refractivity contribution in [3.8, 4) is 0 Å². The summed E-state index contributed by atoms with van der Waals surface area (Å²) < 4.78 is 0. The number of hydrogen-bond donors (Lipinski definition) is 0. The van der Waals surface area contributed by atoms with Crippen LogP contribution in [0.3, 0.4) is 0 Å².